The maximum absolute atomic E-state index is 6.14. The molecular formula is C14H24N4O2S. The molecule has 21 heavy (non-hydrogen) atoms. The van der Waals surface area contributed by atoms with Crippen molar-refractivity contribution in [3.05, 3.63) is 5.82 Å². The van der Waals surface area contributed by atoms with Crippen LogP contribution < -0.4 is 5.73 Å². The van der Waals surface area contributed by atoms with Crippen molar-refractivity contribution in [2.45, 2.75) is 69.2 Å². The number of nitrogens with zero attached hydrogens (tertiary/aromatic N) is 3. The molecule has 2 N–H and O–H groups in total. The Balaban J connectivity index is 1.57. The van der Waals surface area contributed by atoms with Crippen molar-refractivity contribution in [1.29, 1.82) is 0 Å². The third-order valence-electron chi connectivity index (χ3n) is 4.10. The minimum atomic E-state index is -0.273. The summed E-state index contributed by atoms with van der Waals surface area (Å²) in [7, 11) is 0. The molecular weight excluding hydrogens is 288 g/mol. The molecule has 1 unspecified atom stereocenters. The molecule has 2 heterocycles. The van der Waals surface area contributed by atoms with Crippen LogP contribution in [0.5, 0.6) is 0 Å². The standard InChI is InChI=1S/C14H24N4O2S/c1-2-7-18-12(8-15)16-17-13(18)21-10-11-9-19-14(20-11)5-3-4-6-14/h11H,2-10,15H2,1H3. The van der Waals surface area contributed by atoms with Crippen LogP contribution in [0.4, 0.5) is 0 Å². The number of aromatic nitrogens is 3. The third kappa shape index (κ3) is 3.26. The third-order valence-corrected chi connectivity index (χ3v) is 5.20. The Bertz CT molecular complexity index is 474. The lowest BCUT2D eigenvalue weighted by Crippen LogP contribution is -2.27. The van der Waals surface area contributed by atoms with Crippen LogP contribution in [0.25, 0.3) is 0 Å². The van der Waals surface area contributed by atoms with Crippen molar-refractivity contribution in [3.63, 3.8) is 0 Å². The molecule has 0 radical (unpaired) electrons. The first-order valence-electron chi connectivity index (χ1n) is 7.83. The van der Waals surface area contributed by atoms with Crippen LogP contribution in [0.15, 0.2) is 5.16 Å². The molecule has 1 atom stereocenters. The number of thioether (sulfide) groups is 1. The SMILES string of the molecule is CCCn1c(CN)nnc1SCC1COC2(CCCC2)O1. The highest BCUT2D eigenvalue weighted by atomic mass is 32.2. The zero-order chi connectivity index (χ0) is 14.7. The zero-order valence-corrected chi connectivity index (χ0v) is 13.4. The van der Waals surface area contributed by atoms with Gasteiger partial charge in [-0.15, -0.1) is 10.2 Å². The van der Waals surface area contributed by atoms with E-state index in [4.69, 9.17) is 15.2 Å². The molecule has 1 spiro atoms. The lowest BCUT2D eigenvalue weighted by Gasteiger charge is -2.21. The van der Waals surface area contributed by atoms with Gasteiger partial charge in [-0.3, -0.25) is 0 Å². The number of nitrogens with two attached hydrogens (primary N) is 1. The average molecular weight is 312 g/mol. The van der Waals surface area contributed by atoms with E-state index in [9.17, 15) is 0 Å². The van der Waals surface area contributed by atoms with Gasteiger partial charge in [-0.05, 0) is 19.3 Å². The smallest absolute Gasteiger partial charge is 0.191 e. The summed E-state index contributed by atoms with van der Waals surface area (Å²) in [6, 6.07) is 0. The fourth-order valence-corrected chi connectivity index (χ4v) is 4.02. The van der Waals surface area contributed by atoms with E-state index in [1.807, 2.05) is 0 Å². The largest absolute Gasteiger partial charge is 0.347 e. The van der Waals surface area contributed by atoms with Gasteiger partial charge in [0, 0.05) is 25.1 Å². The lowest BCUT2D eigenvalue weighted by molar-refractivity contribution is -0.159. The van der Waals surface area contributed by atoms with Gasteiger partial charge < -0.3 is 19.8 Å². The van der Waals surface area contributed by atoms with Crippen molar-refractivity contribution in [2.24, 2.45) is 5.73 Å². The summed E-state index contributed by atoms with van der Waals surface area (Å²) in [5.74, 6) is 1.44. The molecule has 1 aromatic heterocycles. The van der Waals surface area contributed by atoms with Crippen LogP contribution in [-0.2, 0) is 22.6 Å². The highest BCUT2D eigenvalue weighted by Crippen LogP contribution is 2.40. The number of hydrogen-bond donors (Lipinski definition) is 1. The molecule has 0 amide bonds. The Morgan fingerprint density at radius 3 is 2.90 bits per heavy atom. The van der Waals surface area contributed by atoms with E-state index in [1.165, 1.54) is 12.8 Å². The molecule has 1 saturated heterocycles. The second-order valence-electron chi connectivity index (χ2n) is 5.73. The summed E-state index contributed by atoms with van der Waals surface area (Å²) in [6.45, 7) is 4.18. The van der Waals surface area contributed by atoms with Crippen LogP contribution in [0.2, 0.25) is 0 Å². The van der Waals surface area contributed by atoms with Gasteiger partial charge in [0.15, 0.2) is 10.9 Å². The molecule has 2 aliphatic rings. The maximum atomic E-state index is 6.14. The first kappa shape index (κ1) is 15.3. The summed E-state index contributed by atoms with van der Waals surface area (Å²) < 4.78 is 14.2. The summed E-state index contributed by atoms with van der Waals surface area (Å²) in [5, 5.41) is 9.36. The Kier molecular flexibility index (Phi) is 4.83. The topological polar surface area (TPSA) is 75.2 Å². The minimum Gasteiger partial charge on any atom is -0.347 e. The Hall–Kier alpha value is -0.630. The molecule has 1 saturated carbocycles. The zero-order valence-electron chi connectivity index (χ0n) is 12.6. The minimum absolute atomic E-state index is 0.154. The van der Waals surface area contributed by atoms with Crippen LogP contribution in [0.1, 0.15) is 44.9 Å². The van der Waals surface area contributed by atoms with E-state index in [-0.39, 0.29) is 11.9 Å². The normalized spacial score (nSPS) is 24.2. The molecule has 2 fully saturated rings. The van der Waals surface area contributed by atoms with Crippen molar-refractivity contribution in [3.8, 4) is 0 Å². The fourth-order valence-electron chi connectivity index (χ4n) is 3.07. The van der Waals surface area contributed by atoms with Crippen LogP contribution in [0, 0.1) is 0 Å². The predicted molar refractivity (Wildman–Crippen MR) is 81.0 cm³/mol. The maximum Gasteiger partial charge on any atom is 0.191 e. The summed E-state index contributed by atoms with van der Waals surface area (Å²) in [5.41, 5.74) is 5.71. The summed E-state index contributed by atoms with van der Waals surface area (Å²) in [6.07, 6.45) is 5.70. The molecule has 0 aromatic carbocycles. The number of hydrogen-bond acceptors (Lipinski definition) is 6. The first-order chi connectivity index (χ1) is 10.3. The summed E-state index contributed by atoms with van der Waals surface area (Å²) >= 11 is 1.69. The van der Waals surface area contributed by atoms with Gasteiger partial charge in [0.05, 0.1) is 19.3 Å². The van der Waals surface area contributed by atoms with E-state index in [0.717, 1.165) is 42.5 Å². The molecule has 7 heteroatoms. The molecule has 1 aliphatic carbocycles. The monoisotopic (exact) mass is 312 g/mol. The molecule has 1 aliphatic heterocycles. The number of ether oxygens (including phenoxy) is 2. The first-order valence-corrected chi connectivity index (χ1v) is 8.81. The van der Waals surface area contributed by atoms with Gasteiger partial charge in [0.2, 0.25) is 0 Å². The van der Waals surface area contributed by atoms with E-state index >= 15 is 0 Å². The molecule has 3 rings (SSSR count). The lowest BCUT2D eigenvalue weighted by atomic mass is 10.2. The van der Waals surface area contributed by atoms with E-state index in [0.29, 0.717) is 13.2 Å². The quantitative estimate of drug-likeness (QED) is 0.809. The molecule has 0 bridgehead atoms. The number of rotatable bonds is 6. The Labute approximate surface area is 129 Å². The highest BCUT2D eigenvalue weighted by molar-refractivity contribution is 7.99. The predicted octanol–water partition coefficient (Wildman–Crippen LogP) is 1.92. The molecule has 6 nitrogen and oxygen atoms in total. The van der Waals surface area contributed by atoms with Crippen LogP contribution in [0.3, 0.4) is 0 Å². The second kappa shape index (κ2) is 6.64. The van der Waals surface area contributed by atoms with E-state index in [2.05, 4.69) is 21.7 Å². The van der Waals surface area contributed by atoms with Crippen LogP contribution in [-0.4, -0.2) is 39.0 Å². The summed E-state index contributed by atoms with van der Waals surface area (Å²) in [4.78, 5) is 0. The average Bonchev–Trinajstić information content (AvgIpc) is 3.20. The van der Waals surface area contributed by atoms with Gasteiger partial charge in [0.25, 0.3) is 0 Å². The van der Waals surface area contributed by atoms with E-state index < -0.39 is 0 Å². The van der Waals surface area contributed by atoms with E-state index in [1.54, 1.807) is 11.8 Å². The van der Waals surface area contributed by atoms with Gasteiger partial charge >= 0.3 is 0 Å². The molecule has 1 aromatic rings. The van der Waals surface area contributed by atoms with Crippen molar-refractivity contribution >= 4 is 11.8 Å². The Morgan fingerprint density at radius 1 is 1.38 bits per heavy atom. The molecule has 118 valence electrons. The highest BCUT2D eigenvalue weighted by Gasteiger charge is 2.43. The van der Waals surface area contributed by atoms with Gasteiger partial charge in [-0.25, -0.2) is 0 Å². The van der Waals surface area contributed by atoms with Crippen molar-refractivity contribution in [2.75, 3.05) is 12.4 Å². The van der Waals surface area contributed by atoms with Gasteiger partial charge in [-0.1, -0.05) is 18.7 Å². The van der Waals surface area contributed by atoms with Crippen molar-refractivity contribution < 1.29 is 9.47 Å². The second-order valence-corrected chi connectivity index (χ2v) is 6.72. The van der Waals surface area contributed by atoms with Gasteiger partial charge in [-0.2, -0.15) is 0 Å². The van der Waals surface area contributed by atoms with Crippen LogP contribution >= 0.6 is 11.8 Å². The Morgan fingerprint density at radius 2 is 2.19 bits per heavy atom. The fraction of sp³-hybridized carbons (Fsp3) is 0.857. The van der Waals surface area contributed by atoms with Crippen molar-refractivity contribution in [1.82, 2.24) is 14.8 Å². The van der Waals surface area contributed by atoms with Gasteiger partial charge in [0.1, 0.15) is 5.82 Å².